The molecular formula is C17H23NS. The number of aryl methyl sites for hydroxylation is 3. The van der Waals surface area contributed by atoms with Crippen LogP contribution in [0.15, 0.2) is 35.0 Å². The minimum absolute atomic E-state index is 0.557. The quantitative estimate of drug-likeness (QED) is 0.834. The molecule has 1 unspecified atom stereocenters. The SMILES string of the molecule is CNC(CCc1ccsc1)Cc1ccc(C)c(C)c1. The van der Waals surface area contributed by atoms with Crippen LogP contribution in [0.25, 0.3) is 0 Å². The summed E-state index contributed by atoms with van der Waals surface area (Å²) >= 11 is 1.79. The van der Waals surface area contributed by atoms with E-state index in [9.17, 15) is 0 Å². The van der Waals surface area contributed by atoms with Crippen LogP contribution in [0.3, 0.4) is 0 Å². The van der Waals surface area contributed by atoms with Crippen molar-refractivity contribution in [1.29, 1.82) is 0 Å². The average molecular weight is 273 g/mol. The standard InChI is InChI=1S/C17H23NS/c1-13-4-5-16(10-14(13)2)11-17(18-3)7-6-15-8-9-19-12-15/h4-5,8-10,12,17-18H,6-7,11H2,1-3H3. The molecule has 0 aliphatic carbocycles. The summed E-state index contributed by atoms with van der Waals surface area (Å²) in [5.74, 6) is 0. The molecular weight excluding hydrogens is 250 g/mol. The molecule has 1 nitrogen and oxygen atoms in total. The normalized spacial score (nSPS) is 12.6. The molecule has 0 amide bonds. The van der Waals surface area contributed by atoms with Gasteiger partial charge in [0.05, 0.1) is 0 Å². The molecule has 0 saturated heterocycles. The third-order valence-electron chi connectivity index (χ3n) is 3.82. The van der Waals surface area contributed by atoms with Crippen molar-refractivity contribution in [3.05, 3.63) is 57.3 Å². The van der Waals surface area contributed by atoms with Gasteiger partial charge in [-0.2, -0.15) is 11.3 Å². The maximum absolute atomic E-state index is 3.45. The number of hydrogen-bond donors (Lipinski definition) is 1. The molecule has 0 aliphatic heterocycles. The van der Waals surface area contributed by atoms with Crippen molar-refractivity contribution in [2.24, 2.45) is 0 Å². The van der Waals surface area contributed by atoms with E-state index in [0.717, 1.165) is 6.42 Å². The fourth-order valence-electron chi connectivity index (χ4n) is 2.34. The first-order chi connectivity index (χ1) is 9.19. The predicted molar refractivity (Wildman–Crippen MR) is 85.1 cm³/mol. The maximum atomic E-state index is 3.45. The Hall–Kier alpha value is -1.12. The fourth-order valence-corrected chi connectivity index (χ4v) is 3.04. The Kier molecular flexibility index (Phi) is 5.17. The van der Waals surface area contributed by atoms with Crippen LogP contribution in [0.1, 0.15) is 28.7 Å². The van der Waals surface area contributed by atoms with Gasteiger partial charge >= 0.3 is 0 Å². The summed E-state index contributed by atoms with van der Waals surface area (Å²) in [4.78, 5) is 0. The summed E-state index contributed by atoms with van der Waals surface area (Å²) in [6.45, 7) is 4.36. The van der Waals surface area contributed by atoms with Crippen molar-refractivity contribution in [1.82, 2.24) is 5.32 Å². The number of likely N-dealkylation sites (N-methyl/N-ethyl adjacent to an activating group) is 1. The Bertz CT molecular complexity index is 502. The van der Waals surface area contributed by atoms with Crippen molar-refractivity contribution >= 4 is 11.3 Å². The first-order valence-corrected chi connectivity index (χ1v) is 7.88. The molecule has 0 fully saturated rings. The van der Waals surface area contributed by atoms with Gasteiger partial charge in [0.1, 0.15) is 0 Å². The highest BCUT2D eigenvalue weighted by Crippen LogP contribution is 2.15. The average Bonchev–Trinajstić information content (AvgIpc) is 2.92. The third-order valence-corrected chi connectivity index (χ3v) is 4.56. The summed E-state index contributed by atoms with van der Waals surface area (Å²) in [7, 11) is 2.07. The van der Waals surface area contributed by atoms with Gasteiger partial charge in [0.25, 0.3) is 0 Å². The molecule has 0 bridgehead atoms. The highest BCUT2D eigenvalue weighted by molar-refractivity contribution is 7.07. The highest BCUT2D eigenvalue weighted by atomic mass is 32.1. The lowest BCUT2D eigenvalue weighted by atomic mass is 9.97. The van der Waals surface area contributed by atoms with E-state index in [1.807, 2.05) is 0 Å². The molecule has 1 N–H and O–H groups in total. The van der Waals surface area contributed by atoms with E-state index in [-0.39, 0.29) is 0 Å². The summed E-state index contributed by atoms with van der Waals surface area (Å²) in [5, 5.41) is 7.86. The third kappa shape index (κ3) is 4.19. The summed E-state index contributed by atoms with van der Waals surface area (Å²) in [5.41, 5.74) is 5.67. The molecule has 102 valence electrons. The van der Waals surface area contributed by atoms with Gasteiger partial charge in [-0.1, -0.05) is 18.2 Å². The number of thiophene rings is 1. The van der Waals surface area contributed by atoms with Crippen LogP contribution in [0, 0.1) is 13.8 Å². The fraction of sp³-hybridized carbons (Fsp3) is 0.412. The Labute approximate surface area is 120 Å². The van der Waals surface area contributed by atoms with Crippen molar-refractivity contribution < 1.29 is 0 Å². The Morgan fingerprint density at radius 3 is 2.58 bits per heavy atom. The van der Waals surface area contributed by atoms with Crippen molar-refractivity contribution in [3.63, 3.8) is 0 Å². The van der Waals surface area contributed by atoms with Gasteiger partial charge < -0.3 is 5.32 Å². The van der Waals surface area contributed by atoms with Gasteiger partial charge in [-0.05, 0) is 79.2 Å². The Morgan fingerprint density at radius 1 is 1.11 bits per heavy atom. The molecule has 2 heteroatoms. The Balaban J connectivity index is 1.92. The Morgan fingerprint density at radius 2 is 1.95 bits per heavy atom. The van der Waals surface area contributed by atoms with Gasteiger partial charge in [0.2, 0.25) is 0 Å². The number of hydrogen-bond acceptors (Lipinski definition) is 2. The molecule has 0 spiro atoms. The molecule has 0 saturated carbocycles. The van der Waals surface area contributed by atoms with Crippen LogP contribution in [-0.2, 0) is 12.8 Å². The van der Waals surface area contributed by atoms with E-state index in [1.54, 1.807) is 11.3 Å². The molecule has 1 aromatic heterocycles. The molecule has 0 radical (unpaired) electrons. The topological polar surface area (TPSA) is 12.0 Å². The lowest BCUT2D eigenvalue weighted by molar-refractivity contribution is 0.520. The van der Waals surface area contributed by atoms with Crippen molar-refractivity contribution in [3.8, 4) is 0 Å². The largest absolute Gasteiger partial charge is 0.317 e. The van der Waals surface area contributed by atoms with E-state index in [4.69, 9.17) is 0 Å². The van der Waals surface area contributed by atoms with E-state index < -0.39 is 0 Å². The summed E-state index contributed by atoms with van der Waals surface area (Å²) in [6, 6.07) is 9.60. The van der Waals surface area contributed by atoms with Gasteiger partial charge in [-0.25, -0.2) is 0 Å². The molecule has 0 aliphatic rings. The second-order valence-electron chi connectivity index (χ2n) is 5.28. The number of rotatable bonds is 6. The van der Waals surface area contributed by atoms with Crippen LogP contribution in [-0.4, -0.2) is 13.1 Å². The van der Waals surface area contributed by atoms with Crippen LogP contribution in [0.5, 0.6) is 0 Å². The highest BCUT2D eigenvalue weighted by Gasteiger charge is 2.08. The first kappa shape index (κ1) is 14.3. The lowest BCUT2D eigenvalue weighted by Gasteiger charge is -2.16. The summed E-state index contributed by atoms with van der Waals surface area (Å²) in [6.07, 6.45) is 3.47. The summed E-state index contributed by atoms with van der Waals surface area (Å²) < 4.78 is 0. The minimum Gasteiger partial charge on any atom is -0.317 e. The zero-order valence-electron chi connectivity index (χ0n) is 12.1. The van der Waals surface area contributed by atoms with Crippen LogP contribution in [0.2, 0.25) is 0 Å². The predicted octanol–water partition coefficient (Wildman–Crippen LogP) is 4.13. The second-order valence-corrected chi connectivity index (χ2v) is 6.06. The zero-order valence-corrected chi connectivity index (χ0v) is 12.9. The molecule has 1 atom stereocenters. The smallest absolute Gasteiger partial charge is 0.0108 e. The molecule has 2 rings (SSSR count). The second kappa shape index (κ2) is 6.88. The molecule has 1 heterocycles. The zero-order chi connectivity index (χ0) is 13.7. The maximum Gasteiger partial charge on any atom is 0.0108 e. The minimum atomic E-state index is 0.557. The van der Waals surface area contributed by atoms with E-state index in [1.165, 1.54) is 35.1 Å². The van der Waals surface area contributed by atoms with Crippen LogP contribution >= 0.6 is 11.3 Å². The van der Waals surface area contributed by atoms with E-state index in [0.29, 0.717) is 6.04 Å². The molecule has 1 aromatic carbocycles. The van der Waals surface area contributed by atoms with Crippen molar-refractivity contribution in [2.45, 2.75) is 39.2 Å². The monoisotopic (exact) mass is 273 g/mol. The van der Waals surface area contributed by atoms with E-state index in [2.05, 4.69) is 61.2 Å². The van der Waals surface area contributed by atoms with Gasteiger partial charge in [0.15, 0.2) is 0 Å². The first-order valence-electron chi connectivity index (χ1n) is 6.93. The van der Waals surface area contributed by atoms with E-state index >= 15 is 0 Å². The van der Waals surface area contributed by atoms with Gasteiger partial charge in [0, 0.05) is 6.04 Å². The molecule has 19 heavy (non-hydrogen) atoms. The van der Waals surface area contributed by atoms with Crippen LogP contribution in [0.4, 0.5) is 0 Å². The van der Waals surface area contributed by atoms with Crippen molar-refractivity contribution in [2.75, 3.05) is 7.05 Å². The lowest BCUT2D eigenvalue weighted by Crippen LogP contribution is -2.28. The van der Waals surface area contributed by atoms with Crippen LogP contribution < -0.4 is 5.32 Å². The van der Waals surface area contributed by atoms with Gasteiger partial charge in [-0.15, -0.1) is 0 Å². The van der Waals surface area contributed by atoms with Gasteiger partial charge in [-0.3, -0.25) is 0 Å². The number of benzene rings is 1. The number of nitrogens with one attached hydrogen (secondary N) is 1. The molecule has 2 aromatic rings.